The molecule has 0 aliphatic carbocycles. The highest BCUT2D eigenvalue weighted by Crippen LogP contribution is 2.13. The average molecular weight is 321 g/mol. The van der Waals surface area contributed by atoms with Crippen molar-refractivity contribution in [1.29, 1.82) is 0 Å². The third kappa shape index (κ3) is 3.30. The van der Waals surface area contributed by atoms with Gasteiger partial charge in [-0.3, -0.25) is 9.59 Å². The molecule has 0 saturated heterocycles. The van der Waals surface area contributed by atoms with E-state index in [9.17, 15) is 9.59 Å². The van der Waals surface area contributed by atoms with E-state index in [4.69, 9.17) is 5.73 Å². The molecule has 7 heteroatoms. The number of carbonyl (C=O) groups excluding carboxylic acids is 2. The monoisotopic (exact) mass is 321 g/mol. The molecular formula is C17H15N5O2. The van der Waals surface area contributed by atoms with Crippen LogP contribution in [0.1, 0.15) is 22.1 Å². The molecule has 1 heterocycles. The molecule has 0 fully saturated rings. The Morgan fingerprint density at radius 2 is 1.62 bits per heavy atom. The Bertz CT molecular complexity index is 846. The molecule has 0 unspecified atom stereocenters. The molecule has 2 aromatic carbocycles. The molecule has 1 aromatic heterocycles. The summed E-state index contributed by atoms with van der Waals surface area (Å²) in [6.07, 6.45) is 1.34. The first-order valence-corrected chi connectivity index (χ1v) is 7.28. The van der Waals surface area contributed by atoms with Crippen LogP contribution in [-0.4, -0.2) is 26.8 Å². The average Bonchev–Trinajstić information content (AvgIpc) is 3.11. The zero-order valence-electron chi connectivity index (χ0n) is 12.7. The fourth-order valence-corrected chi connectivity index (χ4v) is 2.22. The van der Waals surface area contributed by atoms with Crippen LogP contribution in [0.25, 0.3) is 5.69 Å². The molecule has 0 spiro atoms. The summed E-state index contributed by atoms with van der Waals surface area (Å²) in [4.78, 5) is 25.3. The molecular weight excluding hydrogens is 306 g/mol. The van der Waals surface area contributed by atoms with E-state index in [1.807, 2.05) is 36.4 Å². The number of carbonyl (C=O) groups is 2. The minimum Gasteiger partial charge on any atom is -0.368 e. The van der Waals surface area contributed by atoms with Crippen LogP contribution in [0.3, 0.4) is 0 Å². The molecule has 0 saturated carbocycles. The fourth-order valence-electron chi connectivity index (χ4n) is 2.22. The standard InChI is InChI=1S/C17H15N5O2/c18-16(23)15(12-7-3-1-4-8-12)20-17(24)14-11-19-22(21-14)13-9-5-2-6-10-13/h1-11,15H,(H2,18,23)(H,20,24)/t15-/m0/s1. The van der Waals surface area contributed by atoms with Crippen LogP contribution in [0.4, 0.5) is 0 Å². The molecule has 3 aromatic rings. The number of nitrogens with zero attached hydrogens (tertiary/aromatic N) is 3. The molecule has 0 bridgehead atoms. The second-order valence-corrected chi connectivity index (χ2v) is 5.07. The minimum atomic E-state index is -0.930. The van der Waals surface area contributed by atoms with Crippen LogP contribution in [-0.2, 0) is 4.79 Å². The van der Waals surface area contributed by atoms with E-state index >= 15 is 0 Å². The lowest BCUT2D eigenvalue weighted by atomic mass is 10.1. The van der Waals surface area contributed by atoms with Gasteiger partial charge in [0.1, 0.15) is 6.04 Å². The lowest BCUT2D eigenvalue weighted by Crippen LogP contribution is -2.37. The Hall–Kier alpha value is -3.48. The quantitative estimate of drug-likeness (QED) is 0.737. The number of nitrogens with one attached hydrogen (secondary N) is 1. The molecule has 0 aliphatic rings. The molecule has 2 amide bonds. The van der Waals surface area contributed by atoms with Crippen LogP contribution < -0.4 is 11.1 Å². The summed E-state index contributed by atoms with van der Waals surface area (Å²) in [6, 6.07) is 17.1. The number of primary amides is 1. The lowest BCUT2D eigenvalue weighted by Gasteiger charge is -2.14. The van der Waals surface area contributed by atoms with Gasteiger partial charge in [0.15, 0.2) is 5.69 Å². The van der Waals surface area contributed by atoms with Gasteiger partial charge in [-0.05, 0) is 17.7 Å². The van der Waals surface area contributed by atoms with Gasteiger partial charge in [0.25, 0.3) is 5.91 Å². The topological polar surface area (TPSA) is 103 Å². The highest BCUT2D eigenvalue weighted by molar-refractivity contribution is 5.95. The van der Waals surface area contributed by atoms with Gasteiger partial charge in [0.05, 0.1) is 11.9 Å². The molecule has 7 nitrogen and oxygen atoms in total. The maximum atomic E-state index is 12.3. The van der Waals surface area contributed by atoms with Gasteiger partial charge >= 0.3 is 0 Å². The van der Waals surface area contributed by atoms with Crippen molar-refractivity contribution in [2.75, 3.05) is 0 Å². The highest BCUT2D eigenvalue weighted by atomic mass is 16.2. The van der Waals surface area contributed by atoms with Crippen molar-refractivity contribution >= 4 is 11.8 Å². The fraction of sp³-hybridized carbons (Fsp3) is 0.0588. The summed E-state index contributed by atoms with van der Waals surface area (Å²) < 4.78 is 0. The van der Waals surface area contributed by atoms with Crippen molar-refractivity contribution in [2.45, 2.75) is 6.04 Å². The number of amides is 2. The van der Waals surface area contributed by atoms with Crippen molar-refractivity contribution in [2.24, 2.45) is 5.73 Å². The van der Waals surface area contributed by atoms with Gasteiger partial charge in [-0.25, -0.2) is 0 Å². The van der Waals surface area contributed by atoms with E-state index in [0.717, 1.165) is 5.69 Å². The van der Waals surface area contributed by atoms with Gasteiger partial charge in [0, 0.05) is 0 Å². The summed E-state index contributed by atoms with van der Waals surface area (Å²) in [7, 11) is 0. The summed E-state index contributed by atoms with van der Waals surface area (Å²) in [5.41, 5.74) is 6.83. The first kappa shape index (κ1) is 15.4. The number of hydrogen-bond donors (Lipinski definition) is 2. The molecule has 3 rings (SSSR count). The first-order chi connectivity index (χ1) is 11.6. The Labute approximate surface area is 138 Å². The summed E-state index contributed by atoms with van der Waals surface area (Å²) in [5, 5.41) is 10.8. The number of para-hydroxylation sites is 1. The molecule has 24 heavy (non-hydrogen) atoms. The van der Waals surface area contributed by atoms with E-state index < -0.39 is 17.9 Å². The normalized spacial score (nSPS) is 11.7. The third-order valence-corrected chi connectivity index (χ3v) is 3.40. The van der Waals surface area contributed by atoms with E-state index in [0.29, 0.717) is 5.56 Å². The second-order valence-electron chi connectivity index (χ2n) is 5.07. The molecule has 3 N–H and O–H groups in total. The molecule has 0 aliphatic heterocycles. The van der Waals surface area contributed by atoms with Crippen molar-refractivity contribution in [1.82, 2.24) is 20.3 Å². The van der Waals surface area contributed by atoms with E-state index in [2.05, 4.69) is 15.5 Å². The smallest absolute Gasteiger partial charge is 0.274 e. The first-order valence-electron chi connectivity index (χ1n) is 7.28. The SMILES string of the molecule is NC(=O)[C@@H](NC(=O)c1cnn(-c2ccccc2)n1)c1ccccc1. The zero-order chi connectivity index (χ0) is 16.9. The lowest BCUT2D eigenvalue weighted by molar-refractivity contribution is -0.120. The summed E-state index contributed by atoms with van der Waals surface area (Å²) >= 11 is 0. The summed E-state index contributed by atoms with van der Waals surface area (Å²) in [6.45, 7) is 0. The predicted molar refractivity (Wildman–Crippen MR) is 87.2 cm³/mol. The number of rotatable bonds is 5. The van der Waals surface area contributed by atoms with Gasteiger partial charge in [0.2, 0.25) is 5.91 Å². The Kier molecular flexibility index (Phi) is 4.33. The van der Waals surface area contributed by atoms with Gasteiger partial charge in [-0.2, -0.15) is 9.90 Å². The van der Waals surface area contributed by atoms with Crippen LogP contribution in [0.15, 0.2) is 66.9 Å². The number of aromatic nitrogens is 3. The Balaban J connectivity index is 1.79. The van der Waals surface area contributed by atoms with Gasteiger partial charge in [-0.15, -0.1) is 5.10 Å². The molecule has 1 atom stereocenters. The Morgan fingerprint density at radius 1 is 1.00 bits per heavy atom. The summed E-state index contributed by atoms with van der Waals surface area (Å²) in [5.74, 6) is -1.17. The minimum absolute atomic E-state index is 0.0982. The van der Waals surface area contributed by atoms with Gasteiger partial charge < -0.3 is 11.1 Å². The second kappa shape index (κ2) is 6.74. The predicted octanol–water partition coefficient (Wildman–Crippen LogP) is 1.22. The van der Waals surface area contributed by atoms with Crippen molar-refractivity contribution in [3.8, 4) is 5.69 Å². The molecule has 120 valence electrons. The van der Waals surface area contributed by atoms with Crippen LogP contribution in [0, 0.1) is 0 Å². The largest absolute Gasteiger partial charge is 0.368 e. The molecule has 0 radical (unpaired) electrons. The van der Waals surface area contributed by atoms with Crippen molar-refractivity contribution < 1.29 is 9.59 Å². The van der Waals surface area contributed by atoms with Crippen LogP contribution in [0.2, 0.25) is 0 Å². The van der Waals surface area contributed by atoms with Crippen molar-refractivity contribution in [3.05, 3.63) is 78.1 Å². The number of benzene rings is 2. The number of nitrogens with two attached hydrogens (primary N) is 1. The third-order valence-electron chi connectivity index (χ3n) is 3.40. The van der Waals surface area contributed by atoms with E-state index in [-0.39, 0.29) is 5.69 Å². The highest BCUT2D eigenvalue weighted by Gasteiger charge is 2.22. The van der Waals surface area contributed by atoms with Crippen LogP contribution in [0.5, 0.6) is 0 Å². The van der Waals surface area contributed by atoms with E-state index in [1.165, 1.54) is 11.0 Å². The van der Waals surface area contributed by atoms with E-state index in [1.54, 1.807) is 24.3 Å². The Morgan fingerprint density at radius 3 is 2.25 bits per heavy atom. The zero-order valence-corrected chi connectivity index (χ0v) is 12.7. The van der Waals surface area contributed by atoms with Crippen molar-refractivity contribution in [3.63, 3.8) is 0 Å². The maximum absolute atomic E-state index is 12.3. The van der Waals surface area contributed by atoms with Crippen LogP contribution >= 0.6 is 0 Å². The van der Waals surface area contributed by atoms with Gasteiger partial charge in [-0.1, -0.05) is 48.5 Å². The maximum Gasteiger partial charge on any atom is 0.274 e. The number of hydrogen-bond acceptors (Lipinski definition) is 4.